The monoisotopic (exact) mass is 316 g/mol. The fourth-order valence-corrected chi connectivity index (χ4v) is 2.43. The molecule has 0 spiro atoms. The molecule has 0 saturated heterocycles. The van der Waals surface area contributed by atoms with E-state index in [9.17, 15) is 4.79 Å². The third-order valence-corrected chi connectivity index (χ3v) is 3.88. The van der Waals surface area contributed by atoms with Crippen LogP contribution in [0.15, 0.2) is 36.7 Å². The van der Waals surface area contributed by atoms with Gasteiger partial charge in [0.1, 0.15) is 0 Å². The highest BCUT2D eigenvalue weighted by atomic mass is 35.5. The molecule has 0 N–H and O–H groups in total. The summed E-state index contributed by atoms with van der Waals surface area (Å²) in [7, 11) is 0. The molecule has 0 unspecified atom stereocenters. The smallest absolute Gasteiger partial charge is 0.255 e. The van der Waals surface area contributed by atoms with E-state index in [1.807, 2.05) is 12.1 Å². The molecule has 0 bridgehead atoms. The number of benzene rings is 1. The Bertz CT molecular complexity index is 593. The molecule has 2 rings (SSSR count). The lowest BCUT2D eigenvalue weighted by Gasteiger charge is -2.04. The summed E-state index contributed by atoms with van der Waals surface area (Å²) >= 11 is 5.38. The number of unbranched alkanes of at least 4 members (excludes halogenated alkanes) is 4. The molecule has 0 radical (unpaired) electrons. The van der Waals surface area contributed by atoms with Crippen molar-refractivity contribution in [2.75, 3.05) is 0 Å². The van der Waals surface area contributed by atoms with Gasteiger partial charge in [0, 0.05) is 18.0 Å². The molecule has 0 aliphatic carbocycles. The number of rotatable bonds is 8. The van der Waals surface area contributed by atoms with Gasteiger partial charge in [-0.1, -0.05) is 56.9 Å². The molecule has 1 aromatic carbocycles. The Hall–Kier alpha value is -1.74. The number of aryl methyl sites for hydroxylation is 1. The zero-order chi connectivity index (χ0) is 15.8. The molecule has 1 heterocycles. The van der Waals surface area contributed by atoms with Crippen LogP contribution in [-0.2, 0) is 6.42 Å². The van der Waals surface area contributed by atoms with Crippen LogP contribution in [0.25, 0.3) is 11.4 Å². The zero-order valence-electron chi connectivity index (χ0n) is 12.9. The number of carbonyl (C=O) groups is 1. The minimum absolute atomic E-state index is 0.314. The van der Waals surface area contributed by atoms with Crippen LogP contribution < -0.4 is 0 Å². The first kappa shape index (κ1) is 16.6. The zero-order valence-corrected chi connectivity index (χ0v) is 13.6. The van der Waals surface area contributed by atoms with Crippen LogP contribution in [0.5, 0.6) is 0 Å². The van der Waals surface area contributed by atoms with E-state index in [0.29, 0.717) is 11.4 Å². The minimum atomic E-state index is -0.537. The van der Waals surface area contributed by atoms with Crippen molar-refractivity contribution in [3.05, 3.63) is 47.8 Å². The average molecular weight is 317 g/mol. The van der Waals surface area contributed by atoms with Gasteiger partial charge in [0.25, 0.3) is 5.24 Å². The lowest BCUT2D eigenvalue weighted by Crippen LogP contribution is -1.95. The van der Waals surface area contributed by atoms with E-state index >= 15 is 0 Å². The van der Waals surface area contributed by atoms with Gasteiger partial charge in [-0.15, -0.1) is 0 Å². The molecular weight excluding hydrogens is 296 g/mol. The first-order valence-corrected chi connectivity index (χ1v) is 8.19. The summed E-state index contributed by atoms with van der Waals surface area (Å²) in [6.45, 7) is 2.23. The van der Waals surface area contributed by atoms with E-state index in [2.05, 4.69) is 29.0 Å². The molecule has 1 aromatic heterocycles. The standard InChI is InChI=1S/C18H21ClN2O/c1-2-3-4-5-6-7-14-8-10-15(11-9-14)18-20-12-16(13-21-18)17(19)22/h8-13H,2-7H2,1H3. The van der Waals surface area contributed by atoms with Crippen LogP contribution in [0.2, 0.25) is 0 Å². The van der Waals surface area contributed by atoms with E-state index in [1.54, 1.807) is 0 Å². The molecule has 4 heteroatoms. The third-order valence-electron chi connectivity index (χ3n) is 3.66. The van der Waals surface area contributed by atoms with Gasteiger partial charge in [0.15, 0.2) is 5.82 Å². The van der Waals surface area contributed by atoms with Crippen LogP contribution in [-0.4, -0.2) is 15.2 Å². The predicted octanol–water partition coefficient (Wildman–Crippen LogP) is 5.04. The summed E-state index contributed by atoms with van der Waals surface area (Å²) in [5.41, 5.74) is 2.60. The van der Waals surface area contributed by atoms with Gasteiger partial charge in [-0.05, 0) is 30.0 Å². The van der Waals surface area contributed by atoms with Crippen molar-refractivity contribution in [1.29, 1.82) is 0 Å². The minimum Gasteiger partial charge on any atom is -0.275 e. The molecule has 22 heavy (non-hydrogen) atoms. The Labute approximate surface area is 136 Å². The highest BCUT2D eigenvalue weighted by Gasteiger charge is 2.05. The Morgan fingerprint density at radius 1 is 1.00 bits per heavy atom. The van der Waals surface area contributed by atoms with Crippen molar-refractivity contribution in [2.24, 2.45) is 0 Å². The number of hydrogen-bond acceptors (Lipinski definition) is 3. The van der Waals surface area contributed by atoms with Gasteiger partial charge in [0.2, 0.25) is 0 Å². The van der Waals surface area contributed by atoms with Gasteiger partial charge in [-0.25, -0.2) is 9.97 Å². The molecular formula is C18H21ClN2O. The van der Waals surface area contributed by atoms with Gasteiger partial charge < -0.3 is 0 Å². The summed E-state index contributed by atoms with van der Waals surface area (Å²) in [5, 5.41) is -0.537. The second kappa shape index (κ2) is 8.64. The Kier molecular flexibility index (Phi) is 6.53. The second-order valence-electron chi connectivity index (χ2n) is 5.43. The maximum absolute atomic E-state index is 11.0. The number of aromatic nitrogens is 2. The number of hydrogen-bond donors (Lipinski definition) is 0. The molecule has 0 amide bonds. The highest BCUT2D eigenvalue weighted by molar-refractivity contribution is 6.67. The highest BCUT2D eigenvalue weighted by Crippen LogP contribution is 2.17. The van der Waals surface area contributed by atoms with Crippen molar-refractivity contribution in [2.45, 2.75) is 45.4 Å². The van der Waals surface area contributed by atoms with Crippen molar-refractivity contribution < 1.29 is 4.79 Å². The van der Waals surface area contributed by atoms with Crippen LogP contribution in [0.1, 0.15) is 54.9 Å². The summed E-state index contributed by atoms with van der Waals surface area (Å²) in [6.07, 6.45) is 10.5. The first-order chi connectivity index (χ1) is 10.7. The lowest BCUT2D eigenvalue weighted by molar-refractivity contribution is 0.108. The summed E-state index contributed by atoms with van der Waals surface area (Å²) in [6, 6.07) is 8.30. The maximum Gasteiger partial charge on any atom is 0.255 e. The lowest BCUT2D eigenvalue weighted by atomic mass is 10.0. The van der Waals surface area contributed by atoms with E-state index in [0.717, 1.165) is 12.0 Å². The van der Waals surface area contributed by atoms with Crippen molar-refractivity contribution >= 4 is 16.8 Å². The van der Waals surface area contributed by atoms with E-state index in [4.69, 9.17) is 11.6 Å². The van der Waals surface area contributed by atoms with Crippen molar-refractivity contribution in [3.8, 4) is 11.4 Å². The summed E-state index contributed by atoms with van der Waals surface area (Å²) in [5.74, 6) is 0.608. The summed E-state index contributed by atoms with van der Waals surface area (Å²) < 4.78 is 0. The van der Waals surface area contributed by atoms with Crippen molar-refractivity contribution in [3.63, 3.8) is 0 Å². The third kappa shape index (κ3) is 4.92. The Balaban J connectivity index is 1.92. The van der Waals surface area contributed by atoms with Gasteiger partial charge in [-0.3, -0.25) is 4.79 Å². The SMILES string of the molecule is CCCCCCCc1ccc(-c2ncc(C(=O)Cl)cn2)cc1. The molecule has 3 nitrogen and oxygen atoms in total. The molecule has 0 fully saturated rings. The van der Waals surface area contributed by atoms with Gasteiger partial charge >= 0.3 is 0 Å². The molecule has 0 aliphatic heterocycles. The molecule has 0 aliphatic rings. The maximum atomic E-state index is 11.0. The number of halogens is 1. The topological polar surface area (TPSA) is 42.9 Å². The number of nitrogens with zero attached hydrogens (tertiary/aromatic N) is 2. The first-order valence-electron chi connectivity index (χ1n) is 7.82. The second-order valence-corrected chi connectivity index (χ2v) is 5.77. The molecule has 116 valence electrons. The molecule has 0 saturated carbocycles. The van der Waals surface area contributed by atoms with Gasteiger partial charge in [-0.2, -0.15) is 0 Å². The van der Waals surface area contributed by atoms with E-state index < -0.39 is 5.24 Å². The molecule has 0 atom stereocenters. The van der Waals surface area contributed by atoms with Crippen LogP contribution in [0.3, 0.4) is 0 Å². The quantitative estimate of drug-likeness (QED) is 0.506. The van der Waals surface area contributed by atoms with E-state index in [1.165, 1.54) is 50.1 Å². The summed E-state index contributed by atoms with van der Waals surface area (Å²) in [4.78, 5) is 19.3. The average Bonchev–Trinajstić information content (AvgIpc) is 2.55. The fraction of sp³-hybridized carbons (Fsp3) is 0.389. The fourth-order valence-electron chi connectivity index (χ4n) is 2.33. The number of carbonyl (C=O) groups excluding carboxylic acids is 1. The van der Waals surface area contributed by atoms with Crippen LogP contribution >= 0.6 is 11.6 Å². The predicted molar refractivity (Wildman–Crippen MR) is 90.1 cm³/mol. The van der Waals surface area contributed by atoms with Gasteiger partial charge in [0.05, 0.1) is 5.56 Å². The van der Waals surface area contributed by atoms with Crippen LogP contribution in [0, 0.1) is 0 Å². The molecule has 2 aromatic rings. The normalized spacial score (nSPS) is 10.6. The van der Waals surface area contributed by atoms with Crippen LogP contribution in [0.4, 0.5) is 0 Å². The Morgan fingerprint density at radius 3 is 2.23 bits per heavy atom. The Morgan fingerprint density at radius 2 is 1.64 bits per heavy atom. The van der Waals surface area contributed by atoms with Crippen molar-refractivity contribution in [1.82, 2.24) is 9.97 Å². The van der Waals surface area contributed by atoms with E-state index in [-0.39, 0.29) is 0 Å². The largest absolute Gasteiger partial charge is 0.275 e.